The standard InChI is InChI=1S/C31H50N4O4/c1-8-22(2)29(34(6)28(37)20-32-21-36)23(3)19-24(4)35-18-12-15-27(35)30(39-7)25(5)31(38)33-17-16-26-13-10-9-11-14-26/h9-11,13-14,21-23,25,27,29-30H,4,8,12,15-20H2,1-3,5-7H3,(H,32,36)(H,33,38). The molecule has 1 heterocycles. The van der Waals surface area contributed by atoms with Gasteiger partial charge in [-0.05, 0) is 43.1 Å². The third-order valence-corrected chi connectivity index (χ3v) is 8.36. The Labute approximate surface area is 235 Å². The molecule has 3 amide bonds. The van der Waals surface area contributed by atoms with Crippen LogP contribution in [-0.4, -0.2) is 80.0 Å². The Kier molecular flexibility index (Phi) is 13.5. The number of methoxy groups -OCH3 is 1. The van der Waals surface area contributed by atoms with Gasteiger partial charge in [0.15, 0.2) is 0 Å². The molecule has 1 aromatic rings. The van der Waals surface area contributed by atoms with E-state index < -0.39 is 0 Å². The molecule has 8 nitrogen and oxygen atoms in total. The number of ether oxygens (including phenoxy) is 1. The van der Waals surface area contributed by atoms with Gasteiger partial charge in [0.1, 0.15) is 0 Å². The van der Waals surface area contributed by atoms with Crippen molar-refractivity contribution in [2.45, 2.75) is 78.0 Å². The van der Waals surface area contributed by atoms with Crippen LogP contribution in [0.1, 0.15) is 58.9 Å². The SMILES string of the molecule is C=C(CC(C)C(C(C)CC)N(C)C(=O)CNC=O)N1CCCC1C(OC)C(C)C(=O)NCCc1ccccc1. The summed E-state index contributed by atoms with van der Waals surface area (Å²) in [5, 5.41) is 5.58. The lowest BCUT2D eigenvalue weighted by molar-refractivity contribution is -0.134. The molecule has 0 spiro atoms. The summed E-state index contributed by atoms with van der Waals surface area (Å²) in [6.07, 6.45) is 4.73. The van der Waals surface area contributed by atoms with Crippen molar-refractivity contribution in [1.82, 2.24) is 20.4 Å². The molecular formula is C31H50N4O4. The first-order chi connectivity index (χ1) is 18.7. The molecule has 1 aliphatic rings. The monoisotopic (exact) mass is 542 g/mol. The largest absolute Gasteiger partial charge is 0.378 e. The maximum absolute atomic E-state index is 13.1. The molecular weight excluding hydrogens is 492 g/mol. The van der Waals surface area contributed by atoms with Crippen LogP contribution in [0.15, 0.2) is 42.6 Å². The first-order valence-corrected chi connectivity index (χ1v) is 14.4. The highest BCUT2D eigenvalue weighted by Gasteiger charge is 2.39. The first kappa shape index (κ1) is 32.3. The van der Waals surface area contributed by atoms with E-state index in [1.807, 2.05) is 32.2 Å². The zero-order valence-electron chi connectivity index (χ0n) is 24.8. The Hall–Kier alpha value is -2.87. The highest BCUT2D eigenvalue weighted by molar-refractivity contribution is 5.80. The Morgan fingerprint density at radius 2 is 1.90 bits per heavy atom. The van der Waals surface area contributed by atoms with E-state index in [0.29, 0.717) is 18.9 Å². The second-order valence-corrected chi connectivity index (χ2v) is 11.0. The van der Waals surface area contributed by atoms with Gasteiger partial charge >= 0.3 is 0 Å². The molecule has 6 atom stereocenters. The van der Waals surface area contributed by atoms with Crippen LogP contribution in [0.4, 0.5) is 0 Å². The van der Waals surface area contributed by atoms with Crippen LogP contribution in [-0.2, 0) is 25.5 Å². The molecule has 8 heteroatoms. The number of carbonyl (C=O) groups excluding carboxylic acids is 3. The van der Waals surface area contributed by atoms with Gasteiger partial charge < -0.3 is 25.2 Å². The van der Waals surface area contributed by atoms with E-state index in [2.05, 4.69) is 55.0 Å². The van der Waals surface area contributed by atoms with Gasteiger partial charge in [0.05, 0.1) is 24.6 Å². The minimum atomic E-state index is -0.302. The third kappa shape index (κ3) is 9.09. The van der Waals surface area contributed by atoms with Crippen molar-refractivity contribution in [1.29, 1.82) is 0 Å². The zero-order valence-corrected chi connectivity index (χ0v) is 24.8. The Morgan fingerprint density at radius 3 is 2.51 bits per heavy atom. The number of nitrogens with one attached hydrogen (secondary N) is 2. The van der Waals surface area contributed by atoms with Crippen molar-refractivity contribution in [3.63, 3.8) is 0 Å². The number of likely N-dealkylation sites (tertiary alicyclic amines) is 1. The van der Waals surface area contributed by atoms with Gasteiger partial charge in [0, 0.05) is 39.0 Å². The second kappa shape index (κ2) is 16.3. The zero-order chi connectivity index (χ0) is 28.9. The topological polar surface area (TPSA) is 91.0 Å². The number of rotatable bonds is 17. The third-order valence-electron chi connectivity index (χ3n) is 8.36. The summed E-state index contributed by atoms with van der Waals surface area (Å²) in [6.45, 7) is 14.3. The van der Waals surface area contributed by atoms with Gasteiger partial charge in [-0.25, -0.2) is 0 Å². The molecule has 0 bridgehead atoms. The lowest BCUT2D eigenvalue weighted by atomic mass is 9.84. The van der Waals surface area contributed by atoms with E-state index in [4.69, 9.17) is 4.74 Å². The number of nitrogens with zero attached hydrogens (tertiary/aromatic N) is 2. The van der Waals surface area contributed by atoms with Gasteiger partial charge in [0.25, 0.3) is 0 Å². The minimum Gasteiger partial charge on any atom is -0.378 e. The van der Waals surface area contributed by atoms with Crippen molar-refractivity contribution in [2.24, 2.45) is 17.8 Å². The fourth-order valence-corrected chi connectivity index (χ4v) is 6.10. The number of benzene rings is 1. The van der Waals surface area contributed by atoms with Crippen molar-refractivity contribution < 1.29 is 19.1 Å². The number of likely N-dealkylation sites (N-methyl/N-ethyl adjacent to an activating group) is 1. The van der Waals surface area contributed by atoms with Gasteiger partial charge in [-0.3, -0.25) is 14.4 Å². The summed E-state index contributed by atoms with van der Waals surface area (Å²) in [7, 11) is 3.51. The molecule has 0 radical (unpaired) electrons. The maximum Gasteiger partial charge on any atom is 0.241 e. The summed E-state index contributed by atoms with van der Waals surface area (Å²) in [4.78, 5) is 40.6. The van der Waals surface area contributed by atoms with E-state index in [1.165, 1.54) is 5.56 Å². The highest BCUT2D eigenvalue weighted by atomic mass is 16.5. The normalized spacial score (nSPS) is 18.9. The van der Waals surface area contributed by atoms with Gasteiger partial charge in [0.2, 0.25) is 18.2 Å². The van der Waals surface area contributed by atoms with Gasteiger partial charge in [-0.2, -0.15) is 0 Å². The highest BCUT2D eigenvalue weighted by Crippen LogP contribution is 2.33. The predicted molar refractivity (Wildman–Crippen MR) is 156 cm³/mol. The first-order valence-electron chi connectivity index (χ1n) is 14.4. The average molecular weight is 543 g/mol. The van der Waals surface area contributed by atoms with Crippen molar-refractivity contribution >= 4 is 18.2 Å². The number of hydrogen-bond acceptors (Lipinski definition) is 5. The molecule has 0 saturated carbocycles. The maximum atomic E-state index is 13.1. The van der Waals surface area contributed by atoms with Crippen LogP contribution in [0.3, 0.4) is 0 Å². The summed E-state index contributed by atoms with van der Waals surface area (Å²) >= 11 is 0. The molecule has 6 unspecified atom stereocenters. The molecule has 0 aromatic heterocycles. The molecule has 2 rings (SSSR count). The van der Waals surface area contributed by atoms with Crippen molar-refractivity contribution in [2.75, 3.05) is 33.8 Å². The fourth-order valence-electron chi connectivity index (χ4n) is 6.10. The van der Waals surface area contributed by atoms with Gasteiger partial charge in [-0.1, -0.05) is 71.0 Å². The van der Waals surface area contributed by atoms with Gasteiger partial charge in [-0.15, -0.1) is 0 Å². The van der Waals surface area contributed by atoms with Crippen LogP contribution in [0.5, 0.6) is 0 Å². The fraction of sp³-hybridized carbons (Fsp3) is 0.645. The molecule has 1 aromatic carbocycles. The van der Waals surface area contributed by atoms with Crippen LogP contribution < -0.4 is 10.6 Å². The lowest BCUT2D eigenvalue weighted by Gasteiger charge is -2.40. The molecule has 39 heavy (non-hydrogen) atoms. The van der Waals surface area contributed by atoms with Crippen molar-refractivity contribution in [3.8, 4) is 0 Å². The quantitative estimate of drug-likeness (QED) is 0.294. The molecule has 1 aliphatic heterocycles. The average Bonchev–Trinajstić information content (AvgIpc) is 3.42. The predicted octanol–water partition coefficient (Wildman–Crippen LogP) is 3.62. The summed E-state index contributed by atoms with van der Waals surface area (Å²) in [5.74, 6) is 0.0563. The smallest absolute Gasteiger partial charge is 0.241 e. The van der Waals surface area contributed by atoms with E-state index in [1.54, 1.807) is 12.0 Å². The Bertz CT molecular complexity index is 924. The Balaban J connectivity index is 2.04. The van der Waals surface area contributed by atoms with Crippen LogP contribution in [0, 0.1) is 17.8 Å². The molecule has 1 fully saturated rings. The molecule has 0 aliphatic carbocycles. The van der Waals surface area contributed by atoms with E-state index in [-0.39, 0.29) is 48.4 Å². The summed E-state index contributed by atoms with van der Waals surface area (Å²) < 4.78 is 5.95. The number of amides is 3. The number of hydrogen-bond donors (Lipinski definition) is 2. The minimum absolute atomic E-state index is 0.00418. The lowest BCUT2D eigenvalue weighted by Crippen LogP contribution is -2.49. The van der Waals surface area contributed by atoms with Crippen molar-refractivity contribution in [3.05, 3.63) is 48.2 Å². The van der Waals surface area contributed by atoms with E-state index >= 15 is 0 Å². The molecule has 2 N–H and O–H groups in total. The molecule has 218 valence electrons. The van der Waals surface area contributed by atoms with E-state index in [0.717, 1.165) is 44.3 Å². The van der Waals surface area contributed by atoms with E-state index in [9.17, 15) is 14.4 Å². The second-order valence-electron chi connectivity index (χ2n) is 11.0. The van der Waals surface area contributed by atoms with Crippen LogP contribution in [0.2, 0.25) is 0 Å². The summed E-state index contributed by atoms with van der Waals surface area (Å²) in [6, 6.07) is 10.2. The molecule has 1 saturated heterocycles. The van der Waals surface area contributed by atoms with Crippen LogP contribution in [0.25, 0.3) is 0 Å². The number of carbonyl (C=O) groups is 3. The Morgan fingerprint density at radius 1 is 1.21 bits per heavy atom. The van der Waals surface area contributed by atoms with Crippen LogP contribution >= 0.6 is 0 Å². The number of allylic oxidation sites excluding steroid dienone is 1. The summed E-state index contributed by atoms with van der Waals surface area (Å²) in [5.41, 5.74) is 2.22.